The Morgan fingerprint density at radius 3 is 1.74 bits per heavy atom. The summed E-state index contributed by atoms with van der Waals surface area (Å²) in [5.74, 6) is 2.10. The number of aromatic amines is 2. The lowest BCUT2D eigenvalue weighted by atomic mass is 9.80. The number of imidazole rings is 2. The van der Waals surface area contributed by atoms with Crippen molar-refractivity contribution in [3.05, 3.63) is 35.4 Å². The maximum absolute atomic E-state index is 4.45. The molecular weight excluding hydrogens is 236 g/mol. The summed E-state index contributed by atoms with van der Waals surface area (Å²) in [4.78, 5) is 15.8. The van der Waals surface area contributed by atoms with Crippen LogP contribution in [0.2, 0.25) is 0 Å². The SMILES string of the molecule is CCCC(C)(c1cnc(CC)[nH]1)c1cnc(CC)[nH]1. The molecule has 0 bridgehead atoms. The quantitative estimate of drug-likeness (QED) is 0.836. The molecule has 0 spiro atoms. The summed E-state index contributed by atoms with van der Waals surface area (Å²) in [6.07, 6.45) is 8.01. The maximum atomic E-state index is 4.45. The summed E-state index contributed by atoms with van der Waals surface area (Å²) in [5.41, 5.74) is 2.30. The van der Waals surface area contributed by atoms with Gasteiger partial charge in [-0.05, 0) is 13.3 Å². The van der Waals surface area contributed by atoms with E-state index in [9.17, 15) is 0 Å². The van der Waals surface area contributed by atoms with E-state index >= 15 is 0 Å². The molecule has 2 N–H and O–H groups in total. The summed E-state index contributed by atoms with van der Waals surface area (Å²) in [5, 5.41) is 0. The zero-order valence-corrected chi connectivity index (χ0v) is 12.4. The van der Waals surface area contributed by atoms with E-state index in [0.29, 0.717) is 0 Å². The second kappa shape index (κ2) is 5.59. The van der Waals surface area contributed by atoms with Crippen LogP contribution in [0.25, 0.3) is 0 Å². The van der Waals surface area contributed by atoms with E-state index in [2.05, 4.69) is 47.6 Å². The van der Waals surface area contributed by atoms with Crippen LogP contribution in [0.5, 0.6) is 0 Å². The molecule has 19 heavy (non-hydrogen) atoms. The molecule has 2 aromatic heterocycles. The number of hydrogen-bond acceptors (Lipinski definition) is 2. The van der Waals surface area contributed by atoms with Crippen LogP contribution in [0.4, 0.5) is 0 Å². The normalized spacial score (nSPS) is 12.0. The summed E-state index contributed by atoms with van der Waals surface area (Å²) < 4.78 is 0. The second-order valence-corrected chi connectivity index (χ2v) is 5.28. The smallest absolute Gasteiger partial charge is 0.105 e. The molecule has 0 atom stereocenters. The highest BCUT2D eigenvalue weighted by Crippen LogP contribution is 2.34. The molecule has 0 saturated carbocycles. The number of hydrogen-bond donors (Lipinski definition) is 2. The van der Waals surface area contributed by atoms with Crippen molar-refractivity contribution in [2.45, 2.75) is 58.8 Å². The van der Waals surface area contributed by atoms with Gasteiger partial charge in [-0.15, -0.1) is 0 Å². The highest BCUT2D eigenvalue weighted by Gasteiger charge is 2.31. The molecule has 2 heterocycles. The van der Waals surface area contributed by atoms with E-state index in [1.165, 1.54) is 11.4 Å². The first-order valence-electron chi connectivity index (χ1n) is 7.22. The first-order chi connectivity index (χ1) is 9.13. The Hall–Kier alpha value is -1.58. The van der Waals surface area contributed by atoms with Gasteiger partial charge in [0.25, 0.3) is 0 Å². The lowest BCUT2D eigenvalue weighted by Gasteiger charge is -2.26. The van der Waals surface area contributed by atoms with E-state index in [0.717, 1.165) is 37.3 Å². The minimum absolute atomic E-state index is 0.0599. The minimum atomic E-state index is -0.0599. The fraction of sp³-hybridized carbons (Fsp3) is 0.600. The zero-order chi connectivity index (χ0) is 13.9. The average Bonchev–Trinajstić information content (AvgIpc) is 3.08. The Labute approximate surface area is 115 Å². The monoisotopic (exact) mass is 260 g/mol. The van der Waals surface area contributed by atoms with Gasteiger partial charge >= 0.3 is 0 Å². The van der Waals surface area contributed by atoms with Crippen molar-refractivity contribution in [3.63, 3.8) is 0 Å². The fourth-order valence-corrected chi connectivity index (χ4v) is 2.56. The van der Waals surface area contributed by atoms with Crippen molar-refractivity contribution < 1.29 is 0 Å². The Balaban J connectivity index is 2.41. The van der Waals surface area contributed by atoms with Crippen LogP contribution >= 0.6 is 0 Å². The summed E-state index contributed by atoms with van der Waals surface area (Å²) in [6.45, 7) is 8.71. The standard InChI is InChI=1S/C15H24N4/c1-5-8-15(4,11-9-16-13(6-2)18-11)12-10-17-14(7-3)19-12/h9-10H,5-8H2,1-4H3,(H,16,18)(H,17,19). The first kappa shape index (κ1) is 13.8. The maximum Gasteiger partial charge on any atom is 0.105 e. The van der Waals surface area contributed by atoms with Gasteiger partial charge in [0.2, 0.25) is 0 Å². The van der Waals surface area contributed by atoms with Crippen molar-refractivity contribution in [2.75, 3.05) is 0 Å². The average molecular weight is 260 g/mol. The Morgan fingerprint density at radius 2 is 1.42 bits per heavy atom. The number of aryl methyl sites for hydroxylation is 2. The molecule has 0 aliphatic carbocycles. The van der Waals surface area contributed by atoms with Crippen molar-refractivity contribution in [3.8, 4) is 0 Å². The van der Waals surface area contributed by atoms with E-state index in [-0.39, 0.29) is 5.41 Å². The molecule has 0 saturated heterocycles. The third-order valence-electron chi connectivity index (χ3n) is 3.87. The van der Waals surface area contributed by atoms with Gasteiger partial charge in [0, 0.05) is 36.6 Å². The Morgan fingerprint density at radius 1 is 0.947 bits per heavy atom. The highest BCUT2D eigenvalue weighted by atomic mass is 15.0. The predicted octanol–water partition coefficient (Wildman–Crippen LogP) is 3.36. The molecule has 2 rings (SSSR count). The van der Waals surface area contributed by atoms with Crippen molar-refractivity contribution in [2.24, 2.45) is 0 Å². The Kier molecular flexibility index (Phi) is 4.08. The van der Waals surface area contributed by atoms with Crippen molar-refractivity contribution in [1.82, 2.24) is 19.9 Å². The fourth-order valence-electron chi connectivity index (χ4n) is 2.56. The third kappa shape index (κ3) is 2.57. The second-order valence-electron chi connectivity index (χ2n) is 5.28. The molecule has 104 valence electrons. The molecule has 4 nitrogen and oxygen atoms in total. The topological polar surface area (TPSA) is 57.4 Å². The lowest BCUT2D eigenvalue weighted by Crippen LogP contribution is -2.24. The van der Waals surface area contributed by atoms with Gasteiger partial charge in [0.15, 0.2) is 0 Å². The number of H-pyrrole nitrogens is 2. The van der Waals surface area contributed by atoms with Gasteiger partial charge in [-0.1, -0.05) is 27.2 Å². The van der Waals surface area contributed by atoms with E-state index in [1.807, 2.05) is 12.4 Å². The van der Waals surface area contributed by atoms with Crippen LogP contribution in [0.15, 0.2) is 12.4 Å². The molecule has 0 aromatic carbocycles. The van der Waals surface area contributed by atoms with Crippen LogP contribution in [0.1, 0.15) is 63.6 Å². The highest BCUT2D eigenvalue weighted by molar-refractivity contribution is 5.28. The largest absolute Gasteiger partial charge is 0.345 e. The summed E-state index contributed by atoms with van der Waals surface area (Å²) in [6, 6.07) is 0. The van der Waals surface area contributed by atoms with Crippen molar-refractivity contribution in [1.29, 1.82) is 0 Å². The summed E-state index contributed by atoms with van der Waals surface area (Å²) >= 11 is 0. The number of nitrogens with zero attached hydrogens (tertiary/aromatic N) is 2. The van der Waals surface area contributed by atoms with Crippen LogP contribution < -0.4 is 0 Å². The van der Waals surface area contributed by atoms with Gasteiger partial charge in [0.05, 0.1) is 5.41 Å². The molecule has 0 amide bonds. The lowest BCUT2D eigenvalue weighted by molar-refractivity contribution is 0.486. The van der Waals surface area contributed by atoms with E-state index in [4.69, 9.17) is 0 Å². The number of nitrogens with one attached hydrogen (secondary N) is 2. The molecule has 0 aliphatic heterocycles. The molecule has 0 radical (unpaired) electrons. The Bertz CT molecular complexity index is 481. The first-order valence-corrected chi connectivity index (χ1v) is 7.22. The summed E-state index contributed by atoms with van der Waals surface area (Å²) in [7, 11) is 0. The third-order valence-corrected chi connectivity index (χ3v) is 3.87. The van der Waals surface area contributed by atoms with Crippen molar-refractivity contribution >= 4 is 0 Å². The van der Waals surface area contributed by atoms with Crippen LogP contribution in [0, 0.1) is 0 Å². The minimum Gasteiger partial charge on any atom is -0.345 e. The van der Waals surface area contributed by atoms with Gasteiger partial charge < -0.3 is 9.97 Å². The van der Waals surface area contributed by atoms with Crippen LogP contribution in [-0.2, 0) is 18.3 Å². The zero-order valence-electron chi connectivity index (χ0n) is 12.4. The molecule has 2 aromatic rings. The van der Waals surface area contributed by atoms with Gasteiger partial charge in [-0.3, -0.25) is 0 Å². The number of rotatable bonds is 6. The number of aromatic nitrogens is 4. The molecular formula is C15H24N4. The van der Waals surface area contributed by atoms with Crippen LogP contribution in [-0.4, -0.2) is 19.9 Å². The predicted molar refractivity (Wildman–Crippen MR) is 77.3 cm³/mol. The van der Waals surface area contributed by atoms with E-state index in [1.54, 1.807) is 0 Å². The molecule has 0 fully saturated rings. The van der Waals surface area contributed by atoms with Gasteiger partial charge in [-0.2, -0.15) is 0 Å². The van der Waals surface area contributed by atoms with Crippen LogP contribution in [0.3, 0.4) is 0 Å². The molecule has 0 unspecified atom stereocenters. The molecule has 4 heteroatoms. The molecule has 0 aliphatic rings. The van der Waals surface area contributed by atoms with Gasteiger partial charge in [-0.25, -0.2) is 9.97 Å². The van der Waals surface area contributed by atoms with E-state index < -0.39 is 0 Å². The van der Waals surface area contributed by atoms with Gasteiger partial charge in [0.1, 0.15) is 11.6 Å².